The van der Waals surface area contributed by atoms with Gasteiger partial charge in [-0.25, -0.2) is 4.79 Å². The number of halogens is 1. The fourth-order valence-corrected chi connectivity index (χ4v) is 2.08. The third-order valence-corrected chi connectivity index (χ3v) is 3.25. The van der Waals surface area contributed by atoms with Gasteiger partial charge in [-0.2, -0.15) is 5.26 Å². The molecule has 2 aromatic rings. The Morgan fingerprint density at radius 2 is 1.91 bits per heavy atom. The maximum absolute atomic E-state index is 12.2. The highest BCUT2D eigenvalue weighted by molar-refractivity contribution is 6.34. The predicted molar refractivity (Wildman–Crippen MR) is 87.1 cm³/mol. The van der Waals surface area contributed by atoms with Crippen molar-refractivity contribution in [1.82, 2.24) is 0 Å². The van der Waals surface area contributed by atoms with Crippen LogP contribution in [0.1, 0.15) is 15.9 Å². The number of hydrogen-bond donors (Lipinski definition) is 2. The van der Waals surface area contributed by atoms with Crippen LogP contribution in [0, 0.1) is 11.3 Å². The van der Waals surface area contributed by atoms with Gasteiger partial charge in [-0.3, -0.25) is 4.79 Å². The van der Waals surface area contributed by atoms with Crippen molar-refractivity contribution in [1.29, 1.82) is 5.26 Å². The third kappa shape index (κ3) is 4.19. The van der Waals surface area contributed by atoms with E-state index in [1.807, 2.05) is 0 Å². The molecule has 0 unspecified atom stereocenters. The van der Waals surface area contributed by atoms with Gasteiger partial charge in [0.25, 0.3) is 5.91 Å². The molecule has 0 bridgehead atoms. The molecule has 0 saturated heterocycles. The summed E-state index contributed by atoms with van der Waals surface area (Å²) in [4.78, 5) is 23.0. The van der Waals surface area contributed by atoms with Crippen molar-refractivity contribution < 1.29 is 14.7 Å². The second kappa shape index (κ2) is 7.25. The minimum Gasteiger partial charge on any atom is -0.477 e. The zero-order chi connectivity index (χ0) is 16.8. The Morgan fingerprint density at radius 1 is 1.17 bits per heavy atom. The molecule has 6 heteroatoms. The number of carboxylic acid groups (broad SMARTS) is 1. The molecular formula is C17H11ClN2O3. The standard InChI is InChI=1S/C17H11ClN2O3/c18-15-7-2-1-6-14(15)16(21)20-13-5-3-4-11(9-13)8-12(10-19)17(22)23/h1-9H,(H,20,21)(H,22,23)/b12-8+. The normalized spacial score (nSPS) is 10.7. The van der Waals surface area contributed by atoms with Gasteiger partial charge in [0, 0.05) is 5.69 Å². The molecule has 1 amide bonds. The molecule has 0 atom stereocenters. The SMILES string of the molecule is N#C/C(=C\c1cccc(NC(=O)c2ccccc2Cl)c1)C(=O)O. The van der Waals surface area contributed by atoms with Gasteiger partial charge in [0.2, 0.25) is 0 Å². The van der Waals surface area contributed by atoms with Crippen LogP contribution in [-0.4, -0.2) is 17.0 Å². The van der Waals surface area contributed by atoms with E-state index in [2.05, 4.69) is 5.32 Å². The number of anilines is 1. The van der Waals surface area contributed by atoms with Crippen molar-refractivity contribution in [3.8, 4) is 6.07 Å². The highest BCUT2D eigenvalue weighted by atomic mass is 35.5. The number of hydrogen-bond acceptors (Lipinski definition) is 3. The van der Waals surface area contributed by atoms with E-state index in [0.717, 1.165) is 0 Å². The maximum atomic E-state index is 12.2. The minimum absolute atomic E-state index is 0.332. The average Bonchev–Trinajstić information content (AvgIpc) is 2.53. The Labute approximate surface area is 137 Å². The molecule has 2 aromatic carbocycles. The maximum Gasteiger partial charge on any atom is 0.346 e. The fourth-order valence-electron chi connectivity index (χ4n) is 1.86. The first-order chi connectivity index (χ1) is 11.0. The highest BCUT2D eigenvalue weighted by Crippen LogP contribution is 2.18. The lowest BCUT2D eigenvalue weighted by Gasteiger charge is -2.07. The Morgan fingerprint density at radius 3 is 2.57 bits per heavy atom. The number of amides is 1. The summed E-state index contributed by atoms with van der Waals surface area (Å²) in [6, 6.07) is 14.7. The van der Waals surface area contributed by atoms with Crippen molar-refractivity contribution in [2.24, 2.45) is 0 Å². The molecule has 114 valence electrons. The summed E-state index contributed by atoms with van der Waals surface area (Å²) in [5, 5.41) is 20.6. The molecule has 0 heterocycles. The number of carboxylic acids is 1. The van der Waals surface area contributed by atoms with Crippen LogP contribution < -0.4 is 5.32 Å². The second-order valence-electron chi connectivity index (χ2n) is 4.53. The van der Waals surface area contributed by atoms with Crippen molar-refractivity contribution in [3.63, 3.8) is 0 Å². The van der Waals surface area contributed by atoms with Crippen LogP contribution in [0.15, 0.2) is 54.1 Å². The van der Waals surface area contributed by atoms with E-state index in [9.17, 15) is 9.59 Å². The number of rotatable bonds is 4. The Kier molecular flexibility index (Phi) is 5.13. The summed E-state index contributed by atoms with van der Waals surface area (Å²) in [5.74, 6) is -1.69. The van der Waals surface area contributed by atoms with Crippen LogP contribution in [0.2, 0.25) is 5.02 Å². The Bertz CT molecular complexity index is 838. The van der Waals surface area contributed by atoms with E-state index >= 15 is 0 Å². The van der Waals surface area contributed by atoms with Crippen molar-refractivity contribution in [3.05, 3.63) is 70.3 Å². The van der Waals surface area contributed by atoms with Crippen molar-refractivity contribution >= 4 is 35.2 Å². The fraction of sp³-hybridized carbons (Fsp3) is 0. The average molecular weight is 327 g/mol. The van der Waals surface area contributed by atoms with Crippen LogP contribution in [0.5, 0.6) is 0 Å². The molecule has 0 aromatic heterocycles. The van der Waals surface area contributed by atoms with E-state index in [0.29, 0.717) is 21.8 Å². The van der Waals surface area contributed by atoms with Crippen molar-refractivity contribution in [2.45, 2.75) is 0 Å². The monoisotopic (exact) mass is 326 g/mol. The van der Waals surface area contributed by atoms with Gasteiger partial charge in [-0.1, -0.05) is 35.9 Å². The Hall–Kier alpha value is -3.10. The number of benzene rings is 2. The number of carbonyl (C=O) groups is 2. The largest absolute Gasteiger partial charge is 0.477 e. The van der Waals surface area contributed by atoms with Gasteiger partial charge in [0.15, 0.2) is 0 Å². The number of carbonyl (C=O) groups excluding carboxylic acids is 1. The Balaban J connectivity index is 2.24. The van der Waals surface area contributed by atoms with Gasteiger partial charge < -0.3 is 10.4 Å². The van der Waals surface area contributed by atoms with Gasteiger partial charge in [0.05, 0.1) is 10.6 Å². The molecular weight excluding hydrogens is 316 g/mol. The lowest BCUT2D eigenvalue weighted by molar-refractivity contribution is -0.132. The van der Waals surface area contributed by atoms with Gasteiger partial charge >= 0.3 is 5.97 Å². The number of nitrogens with zero attached hydrogens (tertiary/aromatic N) is 1. The third-order valence-electron chi connectivity index (χ3n) is 2.92. The molecule has 23 heavy (non-hydrogen) atoms. The molecule has 0 saturated carbocycles. The zero-order valence-corrected chi connectivity index (χ0v) is 12.5. The smallest absolute Gasteiger partial charge is 0.346 e. The van der Waals surface area contributed by atoms with E-state index in [4.69, 9.17) is 22.0 Å². The topological polar surface area (TPSA) is 90.2 Å². The molecule has 0 aliphatic rings. The summed E-state index contributed by atoms with van der Waals surface area (Å²) in [7, 11) is 0. The van der Waals surface area contributed by atoms with Gasteiger partial charge in [-0.05, 0) is 35.9 Å². The predicted octanol–water partition coefficient (Wildman–Crippen LogP) is 3.58. The molecule has 0 spiro atoms. The lowest BCUT2D eigenvalue weighted by Crippen LogP contribution is -2.12. The highest BCUT2D eigenvalue weighted by Gasteiger charge is 2.10. The second-order valence-corrected chi connectivity index (χ2v) is 4.94. The summed E-state index contributed by atoms with van der Waals surface area (Å²) < 4.78 is 0. The number of aliphatic carboxylic acids is 1. The van der Waals surface area contributed by atoms with Gasteiger partial charge in [-0.15, -0.1) is 0 Å². The quantitative estimate of drug-likeness (QED) is 0.663. The first kappa shape index (κ1) is 16.3. The van der Waals surface area contributed by atoms with Crippen LogP contribution in [0.3, 0.4) is 0 Å². The van der Waals surface area contributed by atoms with E-state index < -0.39 is 5.97 Å². The first-order valence-electron chi connectivity index (χ1n) is 6.52. The van der Waals surface area contributed by atoms with Crippen LogP contribution in [0.25, 0.3) is 6.08 Å². The van der Waals surface area contributed by atoms with Crippen LogP contribution >= 0.6 is 11.6 Å². The van der Waals surface area contributed by atoms with Crippen molar-refractivity contribution in [2.75, 3.05) is 5.32 Å². The summed E-state index contributed by atoms with van der Waals surface area (Å²) in [6.07, 6.45) is 1.23. The summed E-state index contributed by atoms with van der Waals surface area (Å²) in [5.41, 5.74) is 0.894. The zero-order valence-electron chi connectivity index (χ0n) is 11.8. The number of nitriles is 1. The van der Waals surface area contributed by atoms with E-state index in [1.54, 1.807) is 54.6 Å². The minimum atomic E-state index is -1.31. The molecule has 0 aliphatic heterocycles. The summed E-state index contributed by atoms with van der Waals surface area (Å²) >= 11 is 5.97. The van der Waals surface area contributed by atoms with Crippen LogP contribution in [0.4, 0.5) is 5.69 Å². The number of nitrogens with one attached hydrogen (secondary N) is 1. The molecule has 5 nitrogen and oxygen atoms in total. The summed E-state index contributed by atoms with van der Waals surface area (Å²) in [6.45, 7) is 0. The first-order valence-corrected chi connectivity index (χ1v) is 6.90. The molecule has 2 rings (SSSR count). The molecule has 0 fully saturated rings. The van der Waals surface area contributed by atoms with Gasteiger partial charge in [0.1, 0.15) is 11.6 Å². The lowest BCUT2D eigenvalue weighted by atomic mass is 10.1. The molecule has 0 radical (unpaired) electrons. The molecule has 2 N–H and O–H groups in total. The molecule has 0 aliphatic carbocycles. The van der Waals surface area contributed by atoms with Crippen LogP contribution in [-0.2, 0) is 4.79 Å². The van der Waals surface area contributed by atoms with E-state index in [1.165, 1.54) is 6.08 Å². The van der Waals surface area contributed by atoms with E-state index in [-0.39, 0.29) is 11.5 Å².